The summed E-state index contributed by atoms with van der Waals surface area (Å²) in [4.78, 5) is 12.8. The van der Waals surface area contributed by atoms with Gasteiger partial charge in [-0.05, 0) is 33.8 Å². The zero-order chi connectivity index (χ0) is 19.2. The second kappa shape index (κ2) is 6.20. The first-order chi connectivity index (χ1) is 12.1. The molecule has 3 N–H and O–H groups in total. The van der Waals surface area contributed by atoms with Gasteiger partial charge in [0.15, 0.2) is 0 Å². The second-order valence-electron chi connectivity index (χ2n) is 6.73. The van der Waals surface area contributed by atoms with Crippen molar-refractivity contribution in [2.24, 2.45) is 14.1 Å². The van der Waals surface area contributed by atoms with E-state index in [1.807, 2.05) is 39.4 Å². The Kier molecular flexibility index (Phi) is 4.31. The van der Waals surface area contributed by atoms with Crippen molar-refractivity contribution in [1.82, 2.24) is 35.1 Å². The monoisotopic (exact) mass is 374 g/mol. The number of anilines is 1. The highest BCUT2D eigenvalue weighted by atomic mass is 32.1. The van der Waals surface area contributed by atoms with Gasteiger partial charge in [0, 0.05) is 25.4 Å². The van der Waals surface area contributed by atoms with E-state index in [1.165, 1.54) is 11.3 Å². The molecular weight excluding hydrogens is 352 g/mol. The zero-order valence-corrected chi connectivity index (χ0v) is 16.5. The van der Waals surface area contributed by atoms with Gasteiger partial charge in [-0.2, -0.15) is 10.2 Å². The molecule has 1 amide bonds. The van der Waals surface area contributed by atoms with E-state index in [1.54, 1.807) is 17.8 Å². The van der Waals surface area contributed by atoms with Gasteiger partial charge in [0.25, 0.3) is 5.91 Å². The maximum Gasteiger partial charge on any atom is 0.270 e. The number of carbonyl (C=O) groups is 1. The quantitative estimate of drug-likeness (QED) is 0.715. The molecule has 0 radical (unpaired) electrons. The lowest BCUT2D eigenvalue weighted by Gasteiger charge is -2.22. The maximum atomic E-state index is 12.8. The third-order valence-electron chi connectivity index (χ3n) is 4.28. The number of rotatable bonds is 4. The Morgan fingerprint density at radius 3 is 2.42 bits per heavy atom. The molecule has 0 aliphatic rings. The van der Waals surface area contributed by atoms with Crippen molar-refractivity contribution < 1.29 is 4.79 Å². The van der Waals surface area contributed by atoms with E-state index in [2.05, 4.69) is 25.7 Å². The Morgan fingerprint density at radius 2 is 1.88 bits per heavy atom. The van der Waals surface area contributed by atoms with Crippen LogP contribution in [0.2, 0.25) is 0 Å². The lowest BCUT2D eigenvalue weighted by Crippen LogP contribution is -2.41. The van der Waals surface area contributed by atoms with Crippen LogP contribution in [0.4, 0.5) is 5.13 Å². The number of nitrogen functional groups attached to an aromatic ring is 1. The van der Waals surface area contributed by atoms with E-state index in [4.69, 9.17) is 5.73 Å². The molecule has 3 aromatic rings. The predicted molar refractivity (Wildman–Crippen MR) is 99.7 cm³/mol. The summed E-state index contributed by atoms with van der Waals surface area (Å²) in [6.45, 7) is 7.63. The molecule has 0 aliphatic heterocycles. The summed E-state index contributed by atoms with van der Waals surface area (Å²) in [7, 11) is 3.63. The van der Waals surface area contributed by atoms with Gasteiger partial charge in [0.05, 0.1) is 16.9 Å². The first-order valence-electron chi connectivity index (χ1n) is 8.06. The first-order valence-corrected chi connectivity index (χ1v) is 8.88. The van der Waals surface area contributed by atoms with Gasteiger partial charge in [-0.25, -0.2) is 0 Å². The molecule has 3 rings (SSSR count). The van der Waals surface area contributed by atoms with Gasteiger partial charge < -0.3 is 11.1 Å². The summed E-state index contributed by atoms with van der Waals surface area (Å²) in [5.74, 6) is -0.246. The summed E-state index contributed by atoms with van der Waals surface area (Å²) in [5.41, 5.74) is 8.94. The molecular formula is C16H22N8OS. The van der Waals surface area contributed by atoms with Gasteiger partial charge in [0.1, 0.15) is 10.7 Å². The van der Waals surface area contributed by atoms with Crippen molar-refractivity contribution >= 4 is 22.4 Å². The van der Waals surface area contributed by atoms with Crippen molar-refractivity contribution in [3.8, 4) is 11.3 Å². The molecule has 0 saturated heterocycles. The first kappa shape index (κ1) is 18.1. The largest absolute Gasteiger partial charge is 0.374 e. The average Bonchev–Trinajstić information content (AvgIpc) is 3.19. The maximum absolute atomic E-state index is 12.8. The number of hydrogen-bond donors (Lipinski definition) is 2. The highest BCUT2D eigenvalue weighted by Crippen LogP contribution is 2.27. The van der Waals surface area contributed by atoms with Crippen LogP contribution in [0.25, 0.3) is 11.3 Å². The molecule has 0 atom stereocenters. The lowest BCUT2D eigenvalue weighted by molar-refractivity contribution is 0.0902. The summed E-state index contributed by atoms with van der Waals surface area (Å²) in [6.07, 6.45) is 0. The Labute approximate surface area is 155 Å². The fourth-order valence-electron chi connectivity index (χ4n) is 2.83. The normalized spacial score (nSPS) is 11.8. The Bertz CT molecular complexity index is 981. The van der Waals surface area contributed by atoms with Crippen molar-refractivity contribution in [3.63, 3.8) is 0 Å². The molecule has 0 bridgehead atoms. The molecule has 10 heteroatoms. The average molecular weight is 374 g/mol. The van der Waals surface area contributed by atoms with E-state index in [0.717, 1.165) is 22.6 Å². The van der Waals surface area contributed by atoms with Gasteiger partial charge in [0.2, 0.25) is 5.13 Å². The topological polar surface area (TPSA) is 117 Å². The number of amides is 1. The van der Waals surface area contributed by atoms with E-state index in [9.17, 15) is 4.79 Å². The van der Waals surface area contributed by atoms with Gasteiger partial charge in [-0.1, -0.05) is 11.3 Å². The van der Waals surface area contributed by atoms with Crippen LogP contribution in [-0.2, 0) is 19.6 Å². The summed E-state index contributed by atoms with van der Waals surface area (Å²) in [6, 6.07) is 1.77. The highest BCUT2D eigenvalue weighted by Gasteiger charge is 2.29. The fourth-order valence-corrected chi connectivity index (χ4v) is 3.50. The molecule has 138 valence electrons. The van der Waals surface area contributed by atoms with Crippen LogP contribution in [-0.4, -0.2) is 35.7 Å². The molecule has 3 heterocycles. The standard InChI is InChI=1S/C16H22N8OS/c1-8-12(9(2)23(5)21-8)10-7-11(24(6)22-10)13(25)18-16(3,4)14-19-20-15(17)26-14/h7H,1-6H3,(H2,17,20)(H,18,25). The van der Waals surface area contributed by atoms with Crippen LogP contribution in [0.3, 0.4) is 0 Å². The van der Waals surface area contributed by atoms with Crippen LogP contribution in [0.15, 0.2) is 6.07 Å². The lowest BCUT2D eigenvalue weighted by atomic mass is 10.1. The molecule has 0 saturated carbocycles. The van der Waals surface area contributed by atoms with Gasteiger partial charge in [-0.3, -0.25) is 14.2 Å². The Morgan fingerprint density at radius 1 is 1.19 bits per heavy atom. The van der Waals surface area contributed by atoms with Crippen molar-refractivity contribution in [3.05, 3.63) is 28.2 Å². The Hall–Kier alpha value is -2.75. The van der Waals surface area contributed by atoms with Crippen molar-refractivity contribution in [2.45, 2.75) is 33.2 Å². The minimum atomic E-state index is -0.697. The fraction of sp³-hybridized carbons (Fsp3) is 0.438. The van der Waals surface area contributed by atoms with E-state index in [-0.39, 0.29) is 5.91 Å². The van der Waals surface area contributed by atoms with E-state index in [0.29, 0.717) is 15.8 Å². The molecule has 0 spiro atoms. The van der Waals surface area contributed by atoms with Crippen molar-refractivity contribution in [1.29, 1.82) is 0 Å². The molecule has 26 heavy (non-hydrogen) atoms. The minimum Gasteiger partial charge on any atom is -0.374 e. The number of aryl methyl sites for hydroxylation is 3. The van der Waals surface area contributed by atoms with E-state index >= 15 is 0 Å². The zero-order valence-electron chi connectivity index (χ0n) is 15.7. The van der Waals surface area contributed by atoms with Crippen LogP contribution >= 0.6 is 11.3 Å². The number of nitrogens with zero attached hydrogens (tertiary/aromatic N) is 6. The van der Waals surface area contributed by atoms with Crippen LogP contribution in [0.1, 0.15) is 40.7 Å². The molecule has 0 aliphatic carbocycles. The number of carbonyl (C=O) groups excluding carboxylic acids is 1. The van der Waals surface area contributed by atoms with Crippen LogP contribution < -0.4 is 11.1 Å². The molecule has 0 fully saturated rings. The number of hydrogen-bond acceptors (Lipinski definition) is 7. The number of nitrogens with two attached hydrogens (primary N) is 1. The van der Waals surface area contributed by atoms with Gasteiger partial charge in [-0.15, -0.1) is 10.2 Å². The smallest absolute Gasteiger partial charge is 0.270 e. The Balaban J connectivity index is 1.90. The highest BCUT2D eigenvalue weighted by molar-refractivity contribution is 7.15. The molecule has 0 unspecified atom stereocenters. The minimum absolute atomic E-state index is 0.246. The van der Waals surface area contributed by atoms with Crippen LogP contribution in [0.5, 0.6) is 0 Å². The molecule has 9 nitrogen and oxygen atoms in total. The van der Waals surface area contributed by atoms with Crippen LogP contribution in [0, 0.1) is 13.8 Å². The number of nitrogens with one attached hydrogen (secondary N) is 1. The van der Waals surface area contributed by atoms with Gasteiger partial charge >= 0.3 is 0 Å². The third-order valence-corrected chi connectivity index (χ3v) is 5.36. The summed E-state index contributed by atoms with van der Waals surface area (Å²) >= 11 is 1.25. The SMILES string of the molecule is Cc1nn(C)c(C)c1-c1cc(C(=O)NC(C)(C)c2nnc(N)s2)n(C)n1. The predicted octanol–water partition coefficient (Wildman–Crippen LogP) is 1.54. The summed E-state index contributed by atoms with van der Waals surface area (Å²) < 4.78 is 3.38. The second-order valence-corrected chi connectivity index (χ2v) is 7.74. The molecule has 3 aromatic heterocycles. The van der Waals surface area contributed by atoms with E-state index < -0.39 is 5.54 Å². The third kappa shape index (κ3) is 3.07. The summed E-state index contributed by atoms with van der Waals surface area (Å²) in [5, 5.41) is 20.7. The molecule has 0 aromatic carbocycles. The number of aromatic nitrogens is 6. The van der Waals surface area contributed by atoms with Crippen molar-refractivity contribution in [2.75, 3.05) is 5.73 Å².